The second-order valence-corrected chi connectivity index (χ2v) is 22.0. The maximum atomic E-state index is 17.8. The molecule has 2 aliphatic rings. The molecule has 2 unspecified atom stereocenters. The molecule has 16 nitrogen and oxygen atoms in total. The van der Waals surface area contributed by atoms with Gasteiger partial charge in [0, 0.05) is 56.6 Å². The summed E-state index contributed by atoms with van der Waals surface area (Å²) in [5, 5.41) is 32.1. The summed E-state index contributed by atoms with van der Waals surface area (Å²) in [6.07, 6.45) is -9.07. The molecular weight excluding hydrogens is 1190 g/mol. The number of anilines is 2. The number of nitrogens with one attached hydrogen (secondary N) is 4. The fourth-order valence-electron chi connectivity index (χ4n) is 12.8. The molecule has 0 bridgehead atoms. The number of amides is 2. The Morgan fingerprint density at radius 3 is 1.16 bits per heavy atom. The Labute approximate surface area is 489 Å². The second kappa shape index (κ2) is 22.3. The topological polar surface area (TPSA) is 203 Å². The first kappa shape index (κ1) is 57.6. The zero-order valence-electron chi connectivity index (χ0n) is 44.4. The monoisotopic (exact) mass is 1230 g/mol. The number of hydrogen-bond acceptors (Lipinski definition) is 10. The van der Waals surface area contributed by atoms with Crippen molar-refractivity contribution in [1.82, 2.24) is 60.4 Å². The molecule has 10 aromatic rings. The lowest BCUT2D eigenvalue weighted by molar-refractivity contribution is -0.156. The minimum absolute atomic E-state index is 0.0516. The van der Waals surface area contributed by atoms with Gasteiger partial charge in [-0.05, 0) is 133 Å². The molecule has 86 heavy (non-hydrogen) atoms. The Hall–Kier alpha value is -8.78. The Morgan fingerprint density at radius 1 is 0.477 bits per heavy atom. The highest BCUT2D eigenvalue weighted by molar-refractivity contribution is 6.31. The van der Waals surface area contributed by atoms with Crippen molar-refractivity contribution in [1.29, 1.82) is 0 Å². The van der Waals surface area contributed by atoms with E-state index in [1.165, 1.54) is 48.5 Å². The number of halogens is 12. The molecule has 2 atom stereocenters. The number of alkyl halides is 6. The smallest absolute Gasteiger partial charge is 0.323 e. The van der Waals surface area contributed by atoms with Gasteiger partial charge >= 0.3 is 12.4 Å². The Balaban J connectivity index is 1.32. The van der Waals surface area contributed by atoms with Gasteiger partial charge in [-0.2, -0.15) is 36.8 Å². The van der Waals surface area contributed by atoms with Gasteiger partial charge in [0.05, 0.1) is 44.6 Å². The van der Waals surface area contributed by atoms with Crippen molar-refractivity contribution in [2.24, 2.45) is 11.8 Å². The number of carbonyl (C=O) groups excluding carboxylic acids is 2. The molecule has 2 fully saturated rings. The summed E-state index contributed by atoms with van der Waals surface area (Å²) in [5.74, 6) is -12.9. The number of carbonyl (C=O) groups is 2. The summed E-state index contributed by atoms with van der Waals surface area (Å²) in [4.78, 5) is 45.4. The third kappa shape index (κ3) is 9.94. The number of imidazole rings is 2. The summed E-state index contributed by atoms with van der Waals surface area (Å²) >= 11 is 13.0. The van der Waals surface area contributed by atoms with E-state index < -0.39 is 104 Å². The van der Waals surface area contributed by atoms with Gasteiger partial charge in [-0.3, -0.25) is 9.59 Å². The Bertz CT molecular complexity index is 3940. The number of aromatic amines is 2. The zero-order chi connectivity index (χ0) is 60.5. The van der Waals surface area contributed by atoms with E-state index in [9.17, 15) is 0 Å². The number of tetrazole rings is 2. The van der Waals surface area contributed by atoms with E-state index in [2.05, 4.69) is 51.9 Å². The maximum Gasteiger partial charge on any atom is 0.418 e. The molecule has 2 aliphatic carbocycles. The van der Waals surface area contributed by atoms with Gasteiger partial charge in [0.2, 0.25) is 11.6 Å². The summed E-state index contributed by atoms with van der Waals surface area (Å²) < 4.78 is 164. The summed E-state index contributed by atoms with van der Waals surface area (Å²) in [7, 11) is 0. The molecule has 6 aromatic carbocycles. The first-order valence-corrected chi connectivity index (χ1v) is 27.7. The molecule has 0 aliphatic heterocycles. The zero-order valence-corrected chi connectivity index (χ0v) is 46.0. The molecule has 2 amide bonds. The first-order chi connectivity index (χ1) is 41.2. The maximum absolute atomic E-state index is 17.8. The average Bonchev–Trinajstić information content (AvgIpc) is 1.12. The molecule has 4 N–H and O–H groups in total. The lowest BCUT2D eigenvalue weighted by Gasteiger charge is -2.58. The van der Waals surface area contributed by atoms with Crippen LogP contribution in [0.4, 0.5) is 55.3 Å². The predicted molar refractivity (Wildman–Crippen MR) is 296 cm³/mol. The molecule has 0 radical (unpaired) electrons. The third-order valence-electron chi connectivity index (χ3n) is 16.3. The Kier molecular flexibility index (Phi) is 14.9. The number of fused-ring (bicyclic) bond motifs is 2. The van der Waals surface area contributed by atoms with E-state index in [0.29, 0.717) is 37.1 Å². The predicted octanol–water partition coefficient (Wildman–Crippen LogP) is 14.5. The number of aromatic nitrogens is 12. The number of H-pyrrole nitrogens is 2. The highest BCUT2D eigenvalue weighted by atomic mass is 35.5. The van der Waals surface area contributed by atoms with Crippen molar-refractivity contribution in [2.75, 3.05) is 10.6 Å². The molecule has 442 valence electrons. The summed E-state index contributed by atoms with van der Waals surface area (Å²) in [6.45, 7) is 0. The molecule has 0 spiro atoms. The van der Waals surface area contributed by atoms with Crippen molar-refractivity contribution in [2.45, 2.75) is 87.6 Å². The van der Waals surface area contributed by atoms with Gasteiger partial charge in [0.1, 0.15) is 11.6 Å². The molecule has 2 saturated carbocycles. The summed E-state index contributed by atoms with van der Waals surface area (Å²) in [6, 6.07) is 19.7. The van der Waals surface area contributed by atoms with E-state index >= 15 is 53.5 Å². The van der Waals surface area contributed by atoms with Crippen LogP contribution in [0.2, 0.25) is 10.0 Å². The van der Waals surface area contributed by atoms with Gasteiger partial charge in [0.25, 0.3) is 11.8 Å². The van der Waals surface area contributed by atoms with Crippen molar-refractivity contribution in [3.63, 3.8) is 0 Å². The Morgan fingerprint density at radius 2 is 0.826 bits per heavy atom. The van der Waals surface area contributed by atoms with Crippen LogP contribution < -0.4 is 10.6 Å². The van der Waals surface area contributed by atoms with Gasteiger partial charge in [-0.15, -0.1) is 20.4 Å². The van der Waals surface area contributed by atoms with E-state index in [-0.39, 0.29) is 118 Å². The highest BCUT2D eigenvalue weighted by Crippen LogP contribution is 2.60. The number of rotatable bonds is 13. The van der Waals surface area contributed by atoms with Crippen LogP contribution in [0.5, 0.6) is 0 Å². The van der Waals surface area contributed by atoms with Gasteiger partial charge in [-0.25, -0.2) is 27.5 Å². The van der Waals surface area contributed by atoms with Crippen LogP contribution in [0.15, 0.2) is 109 Å². The van der Waals surface area contributed by atoms with E-state index in [1.54, 1.807) is 0 Å². The fraction of sp³-hybridized carbons (Fsp3) is 0.276. The van der Waals surface area contributed by atoms with Crippen LogP contribution in [0.25, 0.3) is 67.6 Å². The van der Waals surface area contributed by atoms with Gasteiger partial charge in [0.15, 0.2) is 34.3 Å². The molecule has 28 heteroatoms. The number of hydrogen-bond donors (Lipinski definition) is 4. The standard InChI is InChI=1S/C58H44Cl2F10N14O2/c59-35-17-11-29(12-18-35)51-71-45-25-39(61)41(63)27-47(45)83(51)55(33-7-3-1-4-8-33,53(85)73-43-21-15-31(49-75-79-80-76-49)23-37(43)57(65,66)67)56(34-9-5-2-6-10-34,54(86)74-44-22-16-32(50-77-81-82-78-50)24-38(44)58(68,69)70)84-48-28-42(64)40(62)26-46(48)72-52(84)30-13-19-36(60)20-14-30/h11-28,33-34H,1-10H2,(H,73,85)(H,74,86)(H,75,76,79,80)(H,77,78,81,82). The average molecular weight is 1230 g/mol. The van der Waals surface area contributed by atoms with E-state index in [0.717, 1.165) is 45.5 Å². The highest BCUT2D eigenvalue weighted by Gasteiger charge is 2.71. The van der Waals surface area contributed by atoms with E-state index in [1.807, 2.05) is 0 Å². The summed E-state index contributed by atoms with van der Waals surface area (Å²) in [5.41, 5.74) is -12.9. The van der Waals surface area contributed by atoms with Gasteiger partial charge < -0.3 is 19.8 Å². The molecule has 4 aromatic heterocycles. The largest absolute Gasteiger partial charge is 0.418 e. The quantitative estimate of drug-likeness (QED) is 0.0805. The van der Waals surface area contributed by atoms with Crippen LogP contribution in [-0.4, -0.2) is 72.2 Å². The number of nitrogens with zero attached hydrogens (tertiary/aromatic N) is 10. The van der Waals surface area contributed by atoms with Crippen molar-refractivity contribution in [3.05, 3.63) is 154 Å². The van der Waals surface area contributed by atoms with Crippen LogP contribution in [-0.2, 0) is 33.0 Å². The van der Waals surface area contributed by atoms with Crippen LogP contribution >= 0.6 is 23.2 Å². The third-order valence-corrected chi connectivity index (χ3v) is 16.8. The van der Waals surface area contributed by atoms with Crippen molar-refractivity contribution < 1.29 is 53.5 Å². The lowest BCUT2D eigenvalue weighted by atomic mass is 9.55. The van der Waals surface area contributed by atoms with Crippen molar-refractivity contribution in [3.8, 4) is 45.6 Å². The normalized spacial score (nSPS) is 16.1. The van der Waals surface area contributed by atoms with Crippen LogP contribution in [0.1, 0.15) is 75.3 Å². The lowest BCUT2D eigenvalue weighted by Crippen LogP contribution is -2.73. The molecular formula is C58H44Cl2F10N14O2. The van der Waals surface area contributed by atoms with Crippen LogP contribution in [0.3, 0.4) is 0 Å². The molecule has 12 rings (SSSR count). The second-order valence-electron chi connectivity index (χ2n) is 21.2. The minimum Gasteiger partial charge on any atom is -0.323 e. The minimum atomic E-state index is -5.31. The van der Waals surface area contributed by atoms with Crippen molar-refractivity contribution >= 4 is 68.5 Å². The molecule has 4 heterocycles. The fourth-order valence-corrected chi connectivity index (χ4v) is 13.0. The number of benzene rings is 6. The first-order valence-electron chi connectivity index (χ1n) is 27.0. The van der Waals surface area contributed by atoms with E-state index in [4.69, 9.17) is 33.2 Å². The van der Waals surface area contributed by atoms with Crippen LogP contribution in [0, 0.1) is 35.1 Å². The SMILES string of the molecule is O=C(Nc1ccc(-c2nn[nH]n2)cc1C(F)(F)F)C(C1CCCCC1)(n1c(-c2ccc(Cl)cc2)nc2cc(F)c(F)cc21)C(C(=O)Nc1ccc(-c2nn[nH]n2)cc1C(F)(F)F)(C1CCCCC1)n1c(-c2ccc(Cl)cc2)nc2cc(F)c(F)cc21. The van der Waals surface area contributed by atoms with Gasteiger partial charge in [-0.1, -0.05) is 61.7 Å². The molecule has 0 saturated heterocycles.